The topological polar surface area (TPSA) is 66.8 Å². The Kier molecular flexibility index (Phi) is 2.66. The maximum atomic E-state index is 10.8. The smallest absolute Gasteiger partial charge is 0.370 e. The van der Waals surface area contributed by atoms with E-state index in [1.165, 1.54) is 22.6 Å². The summed E-state index contributed by atoms with van der Waals surface area (Å²) in [6, 6.07) is 0. The predicted molar refractivity (Wildman–Crippen MR) is 42.6 cm³/mol. The Morgan fingerprint density at radius 2 is 2.45 bits per heavy atom. The molecule has 11 heavy (non-hydrogen) atoms. The second kappa shape index (κ2) is 3.35. The number of aliphatic hydroxyl groups excluding tert-OH is 1. The molecule has 1 heterocycles. The minimum absolute atomic E-state index is 0.227. The van der Waals surface area contributed by atoms with Crippen molar-refractivity contribution in [3.8, 4) is 0 Å². The molecule has 0 aliphatic carbocycles. The number of rotatable bonds is 1. The fourth-order valence-electron chi connectivity index (χ4n) is 0.835. The zero-order chi connectivity index (χ0) is 8.43. The zero-order valence-electron chi connectivity index (χ0n) is 5.49. The Hall–Kier alpha value is -0.370. The van der Waals surface area contributed by atoms with Gasteiger partial charge in [-0.2, -0.15) is 0 Å². The lowest BCUT2D eigenvalue weighted by Crippen LogP contribution is -2.33. The molecule has 1 aliphatic heterocycles. The van der Waals surface area contributed by atoms with Crippen LogP contribution < -0.4 is 0 Å². The molecule has 0 saturated carbocycles. The van der Waals surface area contributed by atoms with E-state index in [1.54, 1.807) is 0 Å². The SMILES string of the molecule is O=C(I)ON1C(=O)CCC1O. The monoisotopic (exact) mass is 271 g/mol. The van der Waals surface area contributed by atoms with Gasteiger partial charge in [0.2, 0.25) is 0 Å². The van der Waals surface area contributed by atoms with Crippen molar-refractivity contribution >= 4 is 32.5 Å². The maximum absolute atomic E-state index is 10.8. The lowest BCUT2D eigenvalue weighted by molar-refractivity contribution is -0.185. The van der Waals surface area contributed by atoms with Crippen molar-refractivity contribution in [1.82, 2.24) is 5.06 Å². The van der Waals surface area contributed by atoms with Gasteiger partial charge >= 0.3 is 3.98 Å². The lowest BCUT2D eigenvalue weighted by atomic mass is 10.4. The molecule has 0 bridgehead atoms. The fraction of sp³-hybridized carbons (Fsp3) is 0.600. The van der Waals surface area contributed by atoms with E-state index >= 15 is 0 Å². The van der Waals surface area contributed by atoms with Gasteiger partial charge < -0.3 is 9.94 Å². The lowest BCUT2D eigenvalue weighted by Gasteiger charge is -2.16. The number of aliphatic hydroxyl groups is 1. The maximum Gasteiger partial charge on any atom is 0.391 e. The largest absolute Gasteiger partial charge is 0.391 e. The van der Waals surface area contributed by atoms with Gasteiger partial charge in [0.25, 0.3) is 5.91 Å². The molecule has 62 valence electrons. The summed E-state index contributed by atoms with van der Waals surface area (Å²) in [5, 5.41) is 9.74. The average molecular weight is 271 g/mol. The van der Waals surface area contributed by atoms with Crippen LogP contribution in [-0.4, -0.2) is 26.3 Å². The molecule has 0 aromatic rings. The normalized spacial score (nSPS) is 24.0. The molecule has 1 saturated heterocycles. The molecule has 5 nitrogen and oxygen atoms in total. The van der Waals surface area contributed by atoms with E-state index in [2.05, 4.69) is 4.84 Å². The van der Waals surface area contributed by atoms with Gasteiger partial charge in [0.1, 0.15) is 0 Å². The summed E-state index contributed by atoms with van der Waals surface area (Å²) in [4.78, 5) is 25.6. The summed E-state index contributed by atoms with van der Waals surface area (Å²) < 4.78 is -0.628. The first-order chi connectivity index (χ1) is 5.11. The summed E-state index contributed by atoms with van der Waals surface area (Å²) in [5.41, 5.74) is 0. The van der Waals surface area contributed by atoms with E-state index in [9.17, 15) is 9.59 Å². The summed E-state index contributed by atoms with van der Waals surface area (Å²) in [7, 11) is 0. The van der Waals surface area contributed by atoms with Gasteiger partial charge in [-0.1, -0.05) is 0 Å². The van der Waals surface area contributed by atoms with Gasteiger partial charge in [0, 0.05) is 12.8 Å². The highest BCUT2D eigenvalue weighted by molar-refractivity contribution is 14.1. The molecule has 1 N–H and O–H groups in total. The highest BCUT2D eigenvalue weighted by atomic mass is 127. The van der Waals surface area contributed by atoms with Crippen LogP contribution in [0.15, 0.2) is 0 Å². The molecule has 1 rings (SSSR count). The number of carbonyl (C=O) groups excluding carboxylic acids is 2. The van der Waals surface area contributed by atoms with E-state index < -0.39 is 10.2 Å². The van der Waals surface area contributed by atoms with Gasteiger partial charge in [0.15, 0.2) is 6.23 Å². The van der Waals surface area contributed by atoms with Gasteiger partial charge in [-0.25, -0.2) is 4.79 Å². The first kappa shape index (κ1) is 8.72. The Morgan fingerprint density at radius 3 is 2.82 bits per heavy atom. The van der Waals surface area contributed by atoms with E-state index in [1.807, 2.05) is 0 Å². The van der Waals surface area contributed by atoms with Crippen molar-refractivity contribution in [2.24, 2.45) is 0 Å². The van der Waals surface area contributed by atoms with Crippen LogP contribution in [0, 0.1) is 0 Å². The summed E-state index contributed by atoms with van der Waals surface area (Å²) in [6.45, 7) is 0. The molecular weight excluding hydrogens is 265 g/mol. The molecule has 6 heteroatoms. The Bertz CT molecular complexity index is 195. The third-order valence-corrected chi connectivity index (χ3v) is 1.50. The van der Waals surface area contributed by atoms with E-state index in [4.69, 9.17) is 5.11 Å². The fourth-order valence-corrected chi connectivity index (χ4v) is 1.05. The summed E-state index contributed by atoms with van der Waals surface area (Å²) in [5.74, 6) is -0.359. The van der Waals surface area contributed by atoms with Crippen LogP contribution in [0.3, 0.4) is 0 Å². The number of nitrogens with zero attached hydrogens (tertiary/aromatic N) is 1. The number of hydroxylamine groups is 2. The van der Waals surface area contributed by atoms with Gasteiger partial charge in [-0.3, -0.25) is 4.79 Å². The molecule has 0 aromatic carbocycles. The first-order valence-electron chi connectivity index (χ1n) is 2.99. The summed E-state index contributed by atoms with van der Waals surface area (Å²) in [6.07, 6.45) is -0.422. The van der Waals surface area contributed by atoms with Crippen LogP contribution in [0.4, 0.5) is 4.79 Å². The van der Waals surface area contributed by atoms with Gasteiger partial charge in [-0.15, -0.1) is 5.06 Å². The molecule has 1 aliphatic rings. The molecule has 0 spiro atoms. The molecule has 0 aromatic heterocycles. The number of hydrogen-bond donors (Lipinski definition) is 1. The second-order valence-electron chi connectivity index (χ2n) is 2.07. The number of hydrogen-bond acceptors (Lipinski definition) is 4. The molecule has 0 radical (unpaired) electrons. The Morgan fingerprint density at radius 1 is 1.82 bits per heavy atom. The van der Waals surface area contributed by atoms with E-state index in [0.29, 0.717) is 11.5 Å². The van der Waals surface area contributed by atoms with Crippen molar-refractivity contribution in [3.63, 3.8) is 0 Å². The standard InChI is InChI=1S/C5H6INO4/c6-5(10)11-7-3(8)1-2-4(7)9/h3,8H,1-2H2. The minimum Gasteiger partial charge on any atom is -0.370 e. The van der Waals surface area contributed by atoms with Crippen molar-refractivity contribution in [2.75, 3.05) is 0 Å². The number of amides is 1. The second-order valence-corrected chi connectivity index (χ2v) is 2.95. The van der Waals surface area contributed by atoms with Crippen molar-refractivity contribution in [1.29, 1.82) is 0 Å². The van der Waals surface area contributed by atoms with Gasteiger partial charge in [-0.05, 0) is 0 Å². The van der Waals surface area contributed by atoms with Crippen LogP contribution in [0.25, 0.3) is 0 Å². The highest BCUT2D eigenvalue weighted by Crippen LogP contribution is 2.17. The molecule has 1 fully saturated rings. The van der Waals surface area contributed by atoms with E-state index in [0.717, 1.165) is 0 Å². The molecular formula is C5H6INO4. The van der Waals surface area contributed by atoms with Crippen LogP contribution in [0.2, 0.25) is 0 Å². The molecule has 1 atom stereocenters. The Balaban J connectivity index is 2.54. The van der Waals surface area contributed by atoms with Crippen molar-refractivity contribution in [3.05, 3.63) is 0 Å². The zero-order valence-corrected chi connectivity index (χ0v) is 7.65. The van der Waals surface area contributed by atoms with Crippen LogP contribution in [0.1, 0.15) is 12.8 Å². The first-order valence-corrected chi connectivity index (χ1v) is 4.06. The molecule has 1 unspecified atom stereocenters. The Labute approximate surface area is 76.4 Å². The predicted octanol–water partition coefficient (Wildman–Crippen LogP) is 0.414. The minimum atomic E-state index is -0.971. The molecule has 1 amide bonds. The van der Waals surface area contributed by atoms with Crippen LogP contribution >= 0.6 is 22.6 Å². The number of halogens is 1. The number of carbonyl (C=O) groups is 2. The quantitative estimate of drug-likeness (QED) is 0.554. The average Bonchev–Trinajstić information content (AvgIpc) is 2.18. The van der Waals surface area contributed by atoms with Crippen LogP contribution in [0.5, 0.6) is 0 Å². The van der Waals surface area contributed by atoms with Gasteiger partial charge in [0.05, 0.1) is 22.6 Å². The van der Waals surface area contributed by atoms with Crippen molar-refractivity contribution in [2.45, 2.75) is 19.1 Å². The van der Waals surface area contributed by atoms with E-state index in [-0.39, 0.29) is 12.3 Å². The van der Waals surface area contributed by atoms with Crippen LogP contribution in [-0.2, 0) is 9.63 Å². The van der Waals surface area contributed by atoms with Crippen molar-refractivity contribution < 1.29 is 19.5 Å². The summed E-state index contributed by atoms with van der Waals surface area (Å²) >= 11 is 1.39. The third kappa shape index (κ3) is 2.03. The highest BCUT2D eigenvalue weighted by Gasteiger charge is 2.32. The third-order valence-electron chi connectivity index (χ3n) is 1.30.